The molecule has 1 aromatic carbocycles. The Morgan fingerprint density at radius 3 is 2.31 bits per heavy atom. The van der Waals surface area contributed by atoms with Crippen LogP contribution in [0, 0.1) is 0 Å². The van der Waals surface area contributed by atoms with Gasteiger partial charge in [0.05, 0.1) is 31.5 Å². The van der Waals surface area contributed by atoms with Crippen molar-refractivity contribution in [3.05, 3.63) is 53.3 Å². The normalized spacial score (nSPS) is 10.5. The fourth-order valence-corrected chi connectivity index (χ4v) is 2.47. The molecule has 0 atom stereocenters. The average Bonchev–Trinajstić information content (AvgIpc) is 3.11. The highest BCUT2D eigenvalue weighted by atomic mass is 16.5. The summed E-state index contributed by atoms with van der Waals surface area (Å²) in [7, 11) is 2.28. The molecule has 0 aliphatic rings. The molecule has 3 rings (SSSR count). The van der Waals surface area contributed by atoms with Crippen molar-refractivity contribution < 1.29 is 23.9 Å². The maximum atomic E-state index is 12.7. The van der Waals surface area contributed by atoms with E-state index in [-0.39, 0.29) is 28.0 Å². The lowest BCUT2D eigenvalue weighted by Gasteiger charge is -2.10. The smallest absolute Gasteiger partial charge is 0.357 e. The van der Waals surface area contributed by atoms with Crippen LogP contribution in [0.3, 0.4) is 0 Å². The van der Waals surface area contributed by atoms with E-state index >= 15 is 0 Å². The highest BCUT2D eigenvalue weighted by Gasteiger charge is 2.28. The summed E-state index contributed by atoms with van der Waals surface area (Å²) in [5, 5.41) is 4.24. The number of aromatic nitrogens is 3. The Balaban J connectivity index is 2.27. The zero-order valence-electron chi connectivity index (χ0n) is 13.9. The number of carbonyl (C=O) groups is 3. The highest BCUT2D eigenvalue weighted by Crippen LogP contribution is 2.27. The summed E-state index contributed by atoms with van der Waals surface area (Å²) >= 11 is 0. The lowest BCUT2D eigenvalue weighted by atomic mass is 10.1. The number of methoxy groups -OCH3 is 2. The third-order valence-corrected chi connectivity index (χ3v) is 3.74. The maximum absolute atomic E-state index is 12.7. The number of hydrogen-bond acceptors (Lipinski definition) is 8. The SMILES string of the molecule is COC(=O)c1nc2c(cnn2C(=O)c2ccccc2)c(N)c1C(=O)OC. The summed E-state index contributed by atoms with van der Waals surface area (Å²) in [4.78, 5) is 40.9. The highest BCUT2D eigenvalue weighted by molar-refractivity contribution is 6.12. The predicted molar refractivity (Wildman–Crippen MR) is 90.8 cm³/mol. The van der Waals surface area contributed by atoms with Crippen LogP contribution in [0.5, 0.6) is 0 Å². The summed E-state index contributed by atoms with van der Waals surface area (Å²) in [5.74, 6) is -2.20. The van der Waals surface area contributed by atoms with Crippen molar-refractivity contribution in [3.63, 3.8) is 0 Å². The standard InChI is InChI=1S/C17H14N4O5/c1-25-16(23)11-12(18)10-8-19-21(14(10)20-13(11)17(24)26-2)15(22)9-6-4-3-5-7-9/h3-8H,1-2H3,(H2,18,20). The molecule has 9 heteroatoms. The minimum absolute atomic E-state index is 0.0319. The van der Waals surface area contributed by atoms with E-state index < -0.39 is 17.8 Å². The molecule has 0 unspecified atom stereocenters. The number of rotatable bonds is 3. The number of nitrogens with zero attached hydrogens (tertiary/aromatic N) is 3. The molecule has 0 spiro atoms. The van der Waals surface area contributed by atoms with E-state index in [0.29, 0.717) is 5.56 Å². The molecule has 132 valence electrons. The quantitative estimate of drug-likeness (QED) is 0.697. The molecule has 0 bridgehead atoms. The lowest BCUT2D eigenvalue weighted by Crippen LogP contribution is -2.19. The van der Waals surface area contributed by atoms with E-state index in [1.165, 1.54) is 6.20 Å². The van der Waals surface area contributed by atoms with E-state index in [9.17, 15) is 14.4 Å². The lowest BCUT2D eigenvalue weighted by molar-refractivity contribution is 0.0551. The Labute approximate surface area is 147 Å². The minimum atomic E-state index is -0.890. The summed E-state index contributed by atoms with van der Waals surface area (Å²) < 4.78 is 10.3. The first-order valence-corrected chi connectivity index (χ1v) is 7.43. The Kier molecular flexibility index (Phi) is 4.36. The van der Waals surface area contributed by atoms with Crippen LogP contribution in [0.1, 0.15) is 31.2 Å². The molecule has 0 saturated carbocycles. The molecule has 2 N–H and O–H groups in total. The Hall–Kier alpha value is -3.75. The van der Waals surface area contributed by atoms with E-state index in [1.54, 1.807) is 30.3 Å². The molecule has 0 amide bonds. The van der Waals surface area contributed by atoms with E-state index in [4.69, 9.17) is 5.73 Å². The fourth-order valence-electron chi connectivity index (χ4n) is 2.47. The van der Waals surface area contributed by atoms with Gasteiger partial charge in [0.1, 0.15) is 5.56 Å². The van der Waals surface area contributed by atoms with Crippen molar-refractivity contribution in [1.29, 1.82) is 0 Å². The molecule has 3 aromatic rings. The van der Waals surface area contributed by atoms with Crippen molar-refractivity contribution in [1.82, 2.24) is 14.8 Å². The molecule has 0 aliphatic carbocycles. The Morgan fingerprint density at radius 2 is 1.69 bits per heavy atom. The van der Waals surface area contributed by atoms with Crippen molar-refractivity contribution in [2.75, 3.05) is 20.0 Å². The van der Waals surface area contributed by atoms with Gasteiger partial charge in [-0.25, -0.2) is 14.6 Å². The van der Waals surface area contributed by atoms with Crippen LogP contribution in [0.25, 0.3) is 11.0 Å². The summed E-state index contributed by atoms with van der Waals surface area (Å²) in [6.45, 7) is 0. The molecule has 0 aliphatic heterocycles. The van der Waals surface area contributed by atoms with Crippen LogP contribution in [0.2, 0.25) is 0 Å². The number of fused-ring (bicyclic) bond motifs is 1. The van der Waals surface area contributed by atoms with Gasteiger partial charge in [0.15, 0.2) is 11.3 Å². The molecular weight excluding hydrogens is 340 g/mol. The summed E-state index contributed by atoms with van der Waals surface area (Å²) in [5.41, 5.74) is 5.76. The summed E-state index contributed by atoms with van der Waals surface area (Å²) in [6, 6.07) is 8.41. The monoisotopic (exact) mass is 354 g/mol. The topological polar surface area (TPSA) is 126 Å². The minimum Gasteiger partial charge on any atom is -0.465 e. The molecule has 0 saturated heterocycles. The second kappa shape index (κ2) is 6.63. The van der Waals surface area contributed by atoms with E-state index in [1.807, 2.05) is 0 Å². The average molecular weight is 354 g/mol. The first kappa shape index (κ1) is 17.1. The summed E-state index contributed by atoms with van der Waals surface area (Å²) in [6.07, 6.45) is 1.30. The third kappa shape index (κ3) is 2.65. The van der Waals surface area contributed by atoms with Crippen LogP contribution in [-0.4, -0.2) is 46.8 Å². The molecule has 9 nitrogen and oxygen atoms in total. The fraction of sp³-hybridized carbons (Fsp3) is 0.118. The first-order valence-electron chi connectivity index (χ1n) is 7.43. The van der Waals surface area contributed by atoms with Gasteiger partial charge in [-0.2, -0.15) is 9.78 Å². The number of esters is 2. The Morgan fingerprint density at radius 1 is 1.04 bits per heavy atom. The van der Waals surface area contributed by atoms with Crippen LogP contribution in [0.4, 0.5) is 5.69 Å². The van der Waals surface area contributed by atoms with Crippen LogP contribution >= 0.6 is 0 Å². The van der Waals surface area contributed by atoms with Gasteiger partial charge in [-0.05, 0) is 12.1 Å². The van der Waals surface area contributed by atoms with Gasteiger partial charge in [0.2, 0.25) is 0 Å². The van der Waals surface area contributed by atoms with Gasteiger partial charge >= 0.3 is 11.9 Å². The maximum Gasteiger partial charge on any atom is 0.357 e. The zero-order valence-corrected chi connectivity index (χ0v) is 13.9. The van der Waals surface area contributed by atoms with Gasteiger partial charge in [-0.15, -0.1) is 0 Å². The van der Waals surface area contributed by atoms with Crippen LogP contribution < -0.4 is 5.73 Å². The van der Waals surface area contributed by atoms with Gasteiger partial charge < -0.3 is 15.2 Å². The van der Waals surface area contributed by atoms with Crippen molar-refractivity contribution in [2.45, 2.75) is 0 Å². The predicted octanol–water partition coefficient (Wildman–Crippen LogP) is 1.28. The number of hydrogen-bond donors (Lipinski definition) is 1. The van der Waals surface area contributed by atoms with Crippen molar-refractivity contribution in [2.24, 2.45) is 0 Å². The second-order valence-electron chi connectivity index (χ2n) is 5.20. The number of pyridine rings is 1. The molecule has 0 fully saturated rings. The largest absolute Gasteiger partial charge is 0.465 e. The second-order valence-corrected chi connectivity index (χ2v) is 5.20. The Bertz CT molecular complexity index is 1030. The molecule has 2 aromatic heterocycles. The molecule has 26 heavy (non-hydrogen) atoms. The van der Waals surface area contributed by atoms with Crippen LogP contribution in [-0.2, 0) is 9.47 Å². The third-order valence-electron chi connectivity index (χ3n) is 3.74. The molecular formula is C17H14N4O5. The first-order chi connectivity index (χ1) is 12.5. The number of ether oxygens (including phenoxy) is 2. The van der Waals surface area contributed by atoms with Gasteiger partial charge in [-0.1, -0.05) is 18.2 Å². The number of nitrogen functional groups attached to an aromatic ring is 1. The van der Waals surface area contributed by atoms with Gasteiger partial charge in [0.25, 0.3) is 5.91 Å². The van der Waals surface area contributed by atoms with Gasteiger partial charge in [0, 0.05) is 5.56 Å². The van der Waals surface area contributed by atoms with Crippen LogP contribution in [0.15, 0.2) is 36.5 Å². The van der Waals surface area contributed by atoms with E-state index in [0.717, 1.165) is 18.9 Å². The number of nitrogens with two attached hydrogens (primary N) is 1. The van der Waals surface area contributed by atoms with Crippen molar-refractivity contribution >= 4 is 34.6 Å². The van der Waals surface area contributed by atoms with E-state index in [2.05, 4.69) is 19.6 Å². The number of carbonyl (C=O) groups excluding carboxylic acids is 3. The number of anilines is 1. The van der Waals surface area contributed by atoms with Crippen molar-refractivity contribution in [3.8, 4) is 0 Å². The molecule has 0 radical (unpaired) electrons. The molecule has 2 heterocycles. The number of benzene rings is 1. The van der Waals surface area contributed by atoms with Gasteiger partial charge in [-0.3, -0.25) is 4.79 Å². The zero-order chi connectivity index (χ0) is 18.8.